The number of carbonyl (C=O) groups excluding carboxylic acids is 2. The van der Waals surface area contributed by atoms with Crippen molar-refractivity contribution in [2.24, 2.45) is 0 Å². The Balaban J connectivity index is 1.58. The Bertz CT molecular complexity index is 1250. The number of aromatic nitrogens is 3. The van der Waals surface area contributed by atoms with Gasteiger partial charge in [0.25, 0.3) is 5.91 Å². The Kier molecular flexibility index (Phi) is 4.74. The van der Waals surface area contributed by atoms with E-state index in [1.165, 1.54) is 0 Å². The van der Waals surface area contributed by atoms with E-state index in [1.807, 2.05) is 18.2 Å². The average molecular weight is 439 g/mol. The van der Waals surface area contributed by atoms with Gasteiger partial charge in [-0.1, -0.05) is 17.7 Å². The predicted octanol–water partition coefficient (Wildman–Crippen LogP) is 3.14. The molecule has 1 aliphatic carbocycles. The molecule has 2 aliphatic rings. The van der Waals surface area contributed by atoms with Gasteiger partial charge in [-0.3, -0.25) is 14.9 Å². The number of benzene rings is 1. The number of methoxy groups -OCH3 is 1. The third-order valence-electron chi connectivity index (χ3n) is 5.10. The van der Waals surface area contributed by atoms with Crippen molar-refractivity contribution in [1.82, 2.24) is 19.9 Å². The molecule has 1 aliphatic heterocycles. The number of halogens is 1. The van der Waals surface area contributed by atoms with Crippen LogP contribution in [0.25, 0.3) is 11.7 Å². The lowest BCUT2D eigenvalue weighted by Crippen LogP contribution is -2.19. The number of rotatable bonds is 6. The van der Waals surface area contributed by atoms with Crippen molar-refractivity contribution in [2.45, 2.75) is 25.3 Å². The van der Waals surface area contributed by atoms with E-state index in [4.69, 9.17) is 21.3 Å². The van der Waals surface area contributed by atoms with Crippen LogP contribution in [-0.4, -0.2) is 39.6 Å². The van der Waals surface area contributed by atoms with E-state index < -0.39 is 5.91 Å². The van der Waals surface area contributed by atoms with Gasteiger partial charge in [-0.25, -0.2) is 4.98 Å². The molecule has 1 aromatic carbocycles. The van der Waals surface area contributed by atoms with Gasteiger partial charge in [-0.2, -0.15) is 9.61 Å². The van der Waals surface area contributed by atoms with Crippen molar-refractivity contribution >= 4 is 52.5 Å². The van der Waals surface area contributed by atoms with Gasteiger partial charge in [-0.05, 0) is 31.1 Å². The molecular weight excluding hydrogens is 420 g/mol. The molecule has 0 bridgehead atoms. The summed E-state index contributed by atoms with van der Waals surface area (Å²) in [5.41, 5.74) is 2.22. The van der Waals surface area contributed by atoms with Crippen LogP contribution in [0.15, 0.2) is 36.0 Å². The third-order valence-corrected chi connectivity index (χ3v) is 5.49. The molecule has 0 unspecified atom stereocenters. The van der Waals surface area contributed by atoms with Gasteiger partial charge in [0.05, 0.1) is 25.4 Å². The molecular formula is C21H19ClN6O3. The molecule has 0 atom stereocenters. The molecule has 1 saturated heterocycles. The first-order valence-corrected chi connectivity index (χ1v) is 10.2. The van der Waals surface area contributed by atoms with E-state index in [9.17, 15) is 9.59 Å². The molecule has 3 heterocycles. The molecule has 2 amide bonds. The zero-order chi connectivity index (χ0) is 21.5. The molecule has 10 heteroatoms. The van der Waals surface area contributed by atoms with Crippen LogP contribution in [0, 0.1) is 0 Å². The molecule has 0 radical (unpaired) electrons. The van der Waals surface area contributed by atoms with Crippen molar-refractivity contribution in [1.29, 1.82) is 0 Å². The number of nitrogens with one attached hydrogen (secondary N) is 3. The fraction of sp³-hybridized carbons (Fsp3) is 0.238. The Labute approximate surface area is 182 Å². The molecule has 5 rings (SSSR count). The van der Waals surface area contributed by atoms with Crippen molar-refractivity contribution in [3.05, 3.63) is 46.6 Å². The SMILES string of the molecule is COc1cccc(Nc2cc(NC3CC3)n3ncc(C=C4CC(=O)NC4=O)c3n2)c1Cl. The highest BCUT2D eigenvalue weighted by Gasteiger charge is 2.26. The van der Waals surface area contributed by atoms with E-state index >= 15 is 0 Å². The van der Waals surface area contributed by atoms with Crippen LogP contribution in [0.4, 0.5) is 17.3 Å². The predicted molar refractivity (Wildman–Crippen MR) is 117 cm³/mol. The first-order valence-electron chi connectivity index (χ1n) is 9.81. The van der Waals surface area contributed by atoms with Crippen LogP contribution in [0.1, 0.15) is 24.8 Å². The van der Waals surface area contributed by atoms with Gasteiger partial charge < -0.3 is 15.4 Å². The molecule has 1 saturated carbocycles. The summed E-state index contributed by atoms with van der Waals surface area (Å²) in [5.74, 6) is 1.17. The number of hydrogen-bond donors (Lipinski definition) is 3. The minimum absolute atomic E-state index is 0.0424. The quantitative estimate of drug-likeness (QED) is 0.400. The van der Waals surface area contributed by atoms with Crippen molar-refractivity contribution in [3.8, 4) is 5.75 Å². The zero-order valence-corrected chi connectivity index (χ0v) is 17.4. The summed E-state index contributed by atoms with van der Waals surface area (Å²) in [5, 5.41) is 13.9. The molecule has 3 aromatic rings. The lowest BCUT2D eigenvalue weighted by molar-refractivity contribution is -0.124. The molecule has 2 aromatic heterocycles. The number of imide groups is 1. The third kappa shape index (κ3) is 3.79. The van der Waals surface area contributed by atoms with Crippen LogP contribution in [0.3, 0.4) is 0 Å². The second-order valence-corrected chi connectivity index (χ2v) is 7.83. The van der Waals surface area contributed by atoms with Gasteiger partial charge in [0, 0.05) is 23.2 Å². The van der Waals surface area contributed by atoms with Gasteiger partial charge in [-0.15, -0.1) is 0 Å². The molecule has 158 valence electrons. The fourth-order valence-corrected chi connectivity index (χ4v) is 3.65. The van der Waals surface area contributed by atoms with Gasteiger partial charge in [0.15, 0.2) is 5.65 Å². The van der Waals surface area contributed by atoms with Crippen LogP contribution in [0.5, 0.6) is 5.75 Å². The molecule has 0 spiro atoms. The summed E-state index contributed by atoms with van der Waals surface area (Å²) in [7, 11) is 1.56. The molecule has 31 heavy (non-hydrogen) atoms. The maximum atomic E-state index is 12.0. The van der Waals surface area contributed by atoms with E-state index in [0.29, 0.717) is 45.1 Å². The summed E-state index contributed by atoms with van der Waals surface area (Å²) >= 11 is 6.43. The summed E-state index contributed by atoms with van der Waals surface area (Å²) in [6, 6.07) is 7.69. The Morgan fingerprint density at radius 1 is 1.32 bits per heavy atom. The van der Waals surface area contributed by atoms with Crippen LogP contribution >= 0.6 is 11.6 Å². The number of anilines is 3. The first kappa shape index (κ1) is 19.4. The summed E-state index contributed by atoms with van der Waals surface area (Å²) in [4.78, 5) is 28.2. The van der Waals surface area contributed by atoms with Crippen molar-refractivity contribution in [3.63, 3.8) is 0 Å². The number of fused-ring (bicyclic) bond motifs is 1. The van der Waals surface area contributed by atoms with Gasteiger partial charge >= 0.3 is 0 Å². The Morgan fingerprint density at radius 2 is 2.16 bits per heavy atom. The van der Waals surface area contributed by atoms with Gasteiger partial charge in [0.2, 0.25) is 5.91 Å². The average Bonchev–Trinajstić information content (AvgIpc) is 3.38. The highest BCUT2D eigenvalue weighted by molar-refractivity contribution is 6.34. The smallest absolute Gasteiger partial charge is 0.254 e. The second kappa shape index (κ2) is 7.59. The van der Waals surface area contributed by atoms with Gasteiger partial charge in [0.1, 0.15) is 22.4 Å². The number of hydrogen-bond acceptors (Lipinski definition) is 7. The monoisotopic (exact) mass is 438 g/mol. The van der Waals surface area contributed by atoms with E-state index in [-0.39, 0.29) is 12.3 Å². The van der Waals surface area contributed by atoms with Crippen LogP contribution in [-0.2, 0) is 9.59 Å². The summed E-state index contributed by atoms with van der Waals surface area (Å²) < 4.78 is 6.98. The number of carbonyl (C=O) groups is 2. The number of amides is 2. The molecule has 9 nitrogen and oxygen atoms in total. The summed E-state index contributed by atoms with van der Waals surface area (Å²) in [6.07, 6.45) is 5.51. The van der Waals surface area contributed by atoms with E-state index in [2.05, 4.69) is 21.0 Å². The van der Waals surface area contributed by atoms with Crippen molar-refractivity contribution < 1.29 is 14.3 Å². The second-order valence-electron chi connectivity index (χ2n) is 7.45. The lowest BCUT2D eigenvalue weighted by Gasteiger charge is -2.13. The van der Waals surface area contributed by atoms with Crippen molar-refractivity contribution in [2.75, 3.05) is 17.7 Å². The maximum Gasteiger partial charge on any atom is 0.254 e. The van der Waals surface area contributed by atoms with E-state index in [1.54, 1.807) is 30.0 Å². The highest BCUT2D eigenvalue weighted by atomic mass is 35.5. The normalized spacial score (nSPS) is 17.3. The number of ether oxygens (including phenoxy) is 1. The Morgan fingerprint density at radius 3 is 2.87 bits per heavy atom. The highest BCUT2D eigenvalue weighted by Crippen LogP contribution is 2.34. The maximum absolute atomic E-state index is 12.0. The lowest BCUT2D eigenvalue weighted by atomic mass is 10.1. The Hall–Kier alpha value is -3.59. The van der Waals surface area contributed by atoms with E-state index in [0.717, 1.165) is 18.7 Å². The fourth-order valence-electron chi connectivity index (χ4n) is 3.40. The largest absolute Gasteiger partial charge is 0.495 e. The minimum Gasteiger partial charge on any atom is -0.495 e. The topological polar surface area (TPSA) is 110 Å². The zero-order valence-electron chi connectivity index (χ0n) is 16.6. The first-order chi connectivity index (χ1) is 15.0. The summed E-state index contributed by atoms with van der Waals surface area (Å²) in [6.45, 7) is 0. The van der Waals surface area contributed by atoms with Crippen LogP contribution < -0.4 is 20.7 Å². The van der Waals surface area contributed by atoms with Crippen LogP contribution in [0.2, 0.25) is 5.02 Å². The standard InChI is InChI=1S/C21H19ClN6O3/c1-31-15-4-2-3-14(19(15)22)25-16-9-17(24-13-5-6-13)28-20(26-16)12(10-23-28)7-11-8-18(29)27-21(11)30/h2-4,7,9-10,13,24H,5-6,8H2,1H3,(H,25,26)(H,27,29,30). The molecule has 3 N–H and O–H groups in total. The number of nitrogens with zero attached hydrogens (tertiary/aromatic N) is 3. The minimum atomic E-state index is -0.391. The molecule has 2 fully saturated rings.